The minimum absolute atomic E-state index is 0.01000. The van der Waals surface area contributed by atoms with E-state index in [1.54, 1.807) is 7.11 Å². The number of unbranched alkanes of at least 4 members (excludes halogenated alkanes) is 3. The van der Waals surface area contributed by atoms with Gasteiger partial charge in [0.05, 0.1) is 13.2 Å². The number of Topliss-reactive ketones (excluding diaryl/α,β-unsaturated/α-hetero) is 1. The third-order valence-corrected chi connectivity index (χ3v) is 16.3. The van der Waals surface area contributed by atoms with Gasteiger partial charge in [-0.1, -0.05) is 59.1 Å². The van der Waals surface area contributed by atoms with Gasteiger partial charge in [-0.2, -0.15) is 13.2 Å². The number of halogens is 3. The van der Waals surface area contributed by atoms with Crippen LogP contribution in [0.25, 0.3) is 0 Å². The molecule has 1 aromatic rings. The molecular formula is C35H53F3O3Si. The molecule has 0 amide bonds. The van der Waals surface area contributed by atoms with E-state index >= 15 is 0 Å². The van der Waals surface area contributed by atoms with Crippen LogP contribution in [0.2, 0.25) is 18.1 Å². The lowest BCUT2D eigenvalue weighted by atomic mass is 9.44. The largest absolute Gasteiger partial charge is 0.497 e. The van der Waals surface area contributed by atoms with Crippen LogP contribution in [0.3, 0.4) is 0 Å². The summed E-state index contributed by atoms with van der Waals surface area (Å²) in [5.74, 6) is 0.586. The minimum Gasteiger partial charge on any atom is -0.497 e. The Balaban J connectivity index is 1.61. The van der Waals surface area contributed by atoms with Crippen molar-refractivity contribution in [1.29, 1.82) is 0 Å². The molecule has 0 bridgehead atoms. The fourth-order valence-corrected chi connectivity index (χ4v) is 10.2. The maximum Gasteiger partial charge on any atom is 0.449 e. The van der Waals surface area contributed by atoms with Gasteiger partial charge in [-0.25, -0.2) is 0 Å². The summed E-state index contributed by atoms with van der Waals surface area (Å²) < 4.78 is 50.7. The molecule has 3 unspecified atom stereocenters. The quantitative estimate of drug-likeness (QED) is 0.143. The predicted octanol–water partition coefficient (Wildman–Crippen LogP) is 10.2. The van der Waals surface area contributed by atoms with Crippen molar-refractivity contribution in [1.82, 2.24) is 0 Å². The zero-order valence-electron chi connectivity index (χ0n) is 27.0. The number of carbonyl (C=O) groups is 1. The maximum absolute atomic E-state index is 12.6. The first kappa shape index (κ1) is 33.3. The van der Waals surface area contributed by atoms with Gasteiger partial charge in [0, 0.05) is 6.42 Å². The van der Waals surface area contributed by atoms with Crippen LogP contribution in [-0.4, -0.2) is 33.5 Å². The number of methoxy groups -OCH3 is 1. The summed E-state index contributed by atoms with van der Waals surface area (Å²) in [6.07, 6.45) is 6.60. The van der Waals surface area contributed by atoms with Crippen molar-refractivity contribution < 1.29 is 27.1 Å². The van der Waals surface area contributed by atoms with Gasteiger partial charge in [0.15, 0.2) is 8.32 Å². The van der Waals surface area contributed by atoms with E-state index in [4.69, 9.17) is 9.16 Å². The Labute approximate surface area is 253 Å². The second-order valence-electron chi connectivity index (χ2n) is 15.2. The van der Waals surface area contributed by atoms with Crippen LogP contribution in [0.1, 0.15) is 109 Å². The molecule has 3 nitrogen and oxygen atoms in total. The number of ketones is 1. The molecule has 0 aromatic heterocycles. The van der Waals surface area contributed by atoms with Crippen LogP contribution in [0.4, 0.5) is 13.2 Å². The summed E-state index contributed by atoms with van der Waals surface area (Å²) in [6.45, 7) is 18.7. The molecule has 6 atom stereocenters. The smallest absolute Gasteiger partial charge is 0.449 e. The van der Waals surface area contributed by atoms with Crippen LogP contribution in [0.15, 0.2) is 30.9 Å². The Morgan fingerprint density at radius 1 is 1.12 bits per heavy atom. The van der Waals surface area contributed by atoms with Gasteiger partial charge in [-0.15, -0.1) is 6.58 Å². The Morgan fingerprint density at radius 2 is 1.81 bits per heavy atom. The van der Waals surface area contributed by atoms with Gasteiger partial charge in [0.25, 0.3) is 0 Å². The van der Waals surface area contributed by atoms with Gasteiger partial charge < -0.3 is 9.16 Å². The number of hydrogen-bond acceptors (Lipinski definition) is 3. The lowest BCUT2D eigenvalue weighted by Crippen LogP contribution is -2.56. The average molecular weight is 607 g/mol. The third kappa shape index (κ3) is 6.16. The molecule has 0 heterocycles. The third-order valence-electron chi connectivity index (χ3n) is 11.8. The zero-order valence-corrected chi connectivity index (χ0v) is 28.0. The summed E-state index contributed by atoms with van der Waals surface area (Å²) in [5, 5.41) is 0.143. The molecule has 0 N–H and O–H groups in total. The van der Waals surface area contributed by atoms with E-state index in [-0.39, 0.29) is 22.0 Å². The number of allylic oxidation sites excluding steroid dienone is 1. The molecule has 3 aliphatic rings. The fourth-order valence-electron chi connectivity index (χ4n) is 8.70. The number of fused-ring (bicyclic) bond motifs is 5. The number of aryl methyl sites for hydroxylation is 1. The predicted molar refractivity (Wildman–Crippen MR) is 166 cm³/mol. The summed E-state index contributed by atoms with van der Waals surface area (Å²) in [6, 6.07) is 6.59. The lowest BCUT2D eigenvalue weighted by Gasteiger charge is -2.61. The van der Waals surface area contributed by atoms with Crippen LogP contribution in [0, 0.1) is 22.7 Å². The summed E-state index contributed by atoms with van der Waals surface area (Å²) in [5.41, 5.74) is 2.85. The number of ether oxygens (including phenoxy) is 1. The first-order chi connectivity index (χ1) is 19.5. The Morgan fingerprint density at radius 3 is 2.43 bits per heavy atom. The Hall–Kier alpha value is -1.60. The molecule has 7 heteroatoms. The van der Waals surface area contributed by atoms with Crippen molar-refractivity contribution in [2.75, 3.05) is 7.11 Å². The number of rotatable bonds is 11. The van der Waals surface area contributed by atoms with Crippen molar-refractivity contribution in [3.05, 3.63) is 42.0 Å². The molecule has 4 rings (SSSR count). The molecule has 42 heavy (non-hydrogen) atoms. The number of alkyl halides is 3. The highest BCUT2D eigenvalue weighted by molar-refractivity contribution is 6.74. The molecule has 0 spiro atoms. The molecule has 2 fully saturated rings. The first-order valence-corrected chi connectivity index (χ1v) is 19.0. The van der Waals surface area contributed by atoms with Crippen LogP contribution in [-0.2, 0) is 15.6 Å². The van der Waals surface area contributed by atoms with Gasteiger partial charge in [0.2, 0.25) is 5.78 Å². The standard InChI is InChI=1S/C35H53F3O3Si/c1-9-34-21-20-24-22-26(40-6)16-17-27(24)31(34)25(14-12-10-11-13-15-29(39)35(36,37)38)23-33(5)28(34)18-19-30(33)41-42(7,8)32(2,3)4/h9,16-17,22,25,28,30-31H,1,10-15,18-21,23H2,2-8H3/t25-,28?,30-,31?,33-,34?/m0/s1. The van der Waals surface area contributed by atoms with E-state index in [0.717, 1.165) is 57.1 Å². The van der Waals surface area contributed by atoms with Crippen LogP contribution in [0.5, 0.6) is 5.75 Å². The van der Waals surface area contributed by atoms with E-state index in [9.17, 15) is 18.0 Å². The summed E-state index contributed by atoms with van der Waals surface area (Å²) in [4.78, 5) is 11.3. The van der Waals surface area contributed by atoms with Crippen LogP contribution < -0.4 is 4.74 Å². The van der Waals surface area contributed by atoms with E-state index in [1.807, 2.05) is 0 Å². The second kappa shape index (κ2) is 12.1. The van der Waals surface area contributed by atoms with Crippen molar-refractivity contribution in [3.63, 3.8) is 0 Å². The molecule has 1 aromatic carbocycles. The molecular weight excluding hydrogens is 553 g/mol. The first-order valence-electron chi connectivity index (χ1n) is 16.1. The van der Waals surface area contributed by atoms with E-state index in [2.05, 4.69) is 71.6 Å². The minimum atomic E-state index is -4.72. The van der Waals surface area contributed by atoms with Gasteiger partial charge in [0.1, 0.15) is 5.75 Å². The normalized spacial score (nSPS) is 31.2. The van der Waals surface area contributed by atoms with E-state index in [0.29, 0.717) is 30.6 Å². The average Bonchev–Trinajstić information content (AvgIpc) is 3.23. The highest BCUT2D eigenvalue weighted by Crippen LogP contribution is 2.70. The highest BCUT2D eigenvalue weighted by Gasteiger charge is 2.64. The van der Waals surface area contributed by atoms with Crippen molar-refractivity contribution in [2.45, 2.75) is 135 Å². The van der Waals surface area contributed by atoms with Crippen LogP contribution >= 0.6 is 0 Å². The van der Waals surface area contributed by atoms with Gasteiger partial charge in [-0.05, 0) is 115 Å². The van der Waals surface area contributed by atoms with E-state index < -0.39 is 26.7 Å². The number of carbonyl (C=O) groups excluding carboxylic acids is 1. The second-order valence-corrected chi connectivity index (χ2v) is 20.0. The maximum atomic E-state index is 12.6. The Kier molecular flexibility index (Phi) is 9.56. The van der Waals surface area contributed by atoms with Crippen molar-refractivity contribution in [2.24, 2.45) is 22.7 Å². The molecule has 0 radical (unpaired) electrons. The van der Waals surface area contributed by atoms with Crippen molar-refractivity contribution in [3.8, 4) is 5.75 Å². The highest BCUT2D eigenvalue weighted by atomic mass is 28.4. The summed E-state index contributed by atoms with van der Waals surface area (Å²) >= 11 is 0. The zero-order chi connectivity index (χ0) is 31.1. The monoisotopic (exact) mass is 606 g/mol. The van der Waals surface area contributed by atoms with Gasteiger partial charge in [-0.3, -0.25) is 4.79 Å². The molecule has 236 valence electrons. The molecule has 0 saturated heterocycles. The molecule has 0 aliphatic heterocycles. The SMILES string of the molecule is C=CC12CCc3cc(OC)ccc3C1[C@@H](CCCCCCC(=O)C(F)(F)F)C[C@@]1(C)C2CC[C@@H]1O[Si](C)(C)C(C)(C)C. The lowest BCUT2D eigenvalue weighted by molar-refractivity contribution is -0.171. The fraction of sp³-hybridized carbons (Fsp3) is 0.743. The van der Waals surface area contributed by atoms with Crippen molar-refractivity contribution >= 4 is 14.1 Å². The van der Waals surface area contributed by atoms with E-state index in [1.165, 1.54) is 11.1 Å². The Bertz CT molecular complexity index is 1140. The van der Waals surface area contributed by atoms with Gasteiger partial charge >= 0.3 is 6.18 Å². The molecule has 3 aliphatic carbocycles. The summed E-state index contributed by atoms with van der Waals surface area (Å²) in [7, 11) is -0.253. The topological polar surface area (TPSA) is 35.5 Å². The molecule has 2 saturated carbocycles. The number of hydrogen-bond donors (Lipinski definition) is 0. The number of benzene rings is 1.